The van der Waals surface area contributed by atoms with Crippen molar-refractivity contribution >= 4 is 5.91 Å². The fourth-order valence-corrected chi connectivity index (χ4v) is 4.91. The van der Waals surface area contributed by atoms with E-state index in [1.165, 1.54) is 32.4 Å². The summed E-state index contributed by atoms with van der Waals surface area (Å²) >= 11 is 0. The molecule has 6 nitrogen and oxygen atoms in total. The van der Waals surface area contributed by atoms with Crippen molar-refractivity contribution in [3.05, 3.63) is 11.8 Å². The van der Waals surface area contributed by atoms with Crippen LogP contribution >= 0.6 is 0 Å². The molecule has 3 atom stereocenters. The van der Waals surface area contributed by atoms with Gasteiger partial charge in [0.25, 0.3) is 5.91 Å². The molecule has 1 N–H and O–H groups in total. The van der Waals surface area contributed by atoms with Gasteiger partial charge < -0.3 is 24.4 Å². The molecule has 1 amide bonds. The summed E-state index contributed by atoms with van der Waals surface area (Å²) in [4.78, 5) is 17.7. The van der Waals surface area contributed by atoms with Crippen molar-refractivity contribution in [1.29, 1.82) is 0 Å². The van der Waals surface area contributed by atoms with Gasteiger partial charge in [0, 0.05) is 38.3 Å². The van der Waals surface area contributed by atoms with Crippen molar-refractivity contribution in [2.45, 2.75) is 71.1 Å². The Bertz CT molecular complexity index is 525. The molecule has 0 saturated carbocycles. The molecule has 0 spiro atoms. The van der Waals surface area contributed by atoms with Crippen molar-refractivity contribution < 1.29 is 19.4 Å². The number of hydrogen-bond donors (Lipinski definition) is 1. The Labute approximate surface area is 169 Å². The quantitative estimate of drug-likeness (QED) is 0.719. The van der Waals surface area contributed by atoms with Gasteiger partial charge in [-0.1, -0.05) is 13.3 Å². The predicted octanol–water partition coefficient (Wildman–Crippen LogP) is 2.76. The van der Waals surface area contributed by atoms with Gasteiger partial charge in [-0.3, -0.25) is 4.79 Å². The molecule has 3 heterocycles. The zero-order chi connectivity index (χ0) is 19.9. The molecule has 6 heteroatoms. The molecule has 160 valence electrons. The normalized spacial score (nSPS) is 30.0. The van der Waals surface area contributed by atoms with Gasteiger partial charge in [-0.2, -0.15) is 0 Å². The highest BCUT2D eigenvalue weighted by atomic mass is 16.7. The maximum Gasteiger partial charge on any atom is 0.288 e. The molecule has 3 rings (SSSR count). The van der Waals surface area contributed by atoms with Gasteiger partial charge in [0.1, 0.15) is 0 Å². The first-order valence-electron chi connectivity index (χ1n) is 11.3. The number of piperidine rings is 2. The van der Waals surface area contributed by atoms with Crippen LogP contribution in [0.25, 0.3) is 0 Å². The number of likely N-dealkylation sites (tertiary alicyclic amines) is 2. The molecule has 0 aromatic rings. The van der Waals surface area contributed by atoms with E-state index >= 15 is 0 Å². The Morgan fingerprint density at radius 2 is 1.93 bits per heavy atom. The first kappa shape index (κ1) is 21.6. The minimum absolute atomic E-state index is 0.00857. The minimum atomic E-state index is -0.401. The number of carbonyl (C=O) groups excluding carboxylic acids is 1. The maximum atomic E-state index is 13.1. The summed E-state index contributed by atoms with van der Waals surface area (Å²) in [6.45, 7) is 8.84. The topological polar surface area (TPSA) is 62.2 Å². The van der Waals surface area contributed by atoms with E-state index in [0.717, 1.165) is 38.8 Å². The van der Waals surface area contributed by atoms with Crippen LogP contribution in [0.3, 0.4) is 0 Å². The van der Waals surface area contributed by atoms with Gasteiger partial charge in [0.2, 0.25) is 6.29 Å². The minimum Gasteiger partial charge on any atom is -0.459 e. The largest absolute Gasteiger partial charge is 0.459 e. The first-order chi connectivity index (χ1) is 13.6. The summed E-state index contributed by atoms with van der Waals surface area (Å²) in [6.07, 6.45) is 9.23. The molecular weight excluding hydrogens is 356 g/mol. The third-order valence-corrected chi connectivity index (χ3v) is 6.58. The second-order valence-corrected chi connectivity index (χ2v) is 8.48. The summed E-state index contributed by atoms with van der Waals surface area (Å²) in [5, 5.41) is 9.16. The van der Waals surface area contributed by atoms with Crippen LogP contribution in [0.1, 0.15) is 58.8 Å². The smallest absolute Gasteiger partial charge is 0.288 e. The van der Waals surface area contributed by atoms with Crippen LogP contribution in [0, 0.1) is 11.8 Å². The average Bonchev–Trinajstić information content (AvgIpc) is 2.73. The summed E-state index contributed by atoms with van der Waals surface area (Å²) in [6, 6.07) is 0.628. The van der Waals surface area contributed by atoms with Crippen molar-refractivity contribution in [3.63, 3.8) is 0 Å². The number of allylic oxidation sites excluding steroid dienone is 1. The Balaban J connectivity index is 1.57. The molecule has 0 aromatic heterocycles. The second kappa shape index (κ2) is 10.6. The maximum absolute atomic E-state index is 13.1. The molecule has 2 fully saturated rings. The van der Waals surface area contributed by atoms with E-state index in [1.54, 1.807) is 0 Å². The Morgan fingerprint density at radius 3 is 2.57 bits per heavy atom. The lowest BCUT2D eigenvalue weighted by Gasteiger charge is -2.41. The van der Waals surface area contributed by atoms with Gasteiger partial charge in [-0.25, -0.2) is 0 Å². The van der Waals surface area contributed by atoms with Crippen molar-refractivity contribution in [1.82, 2.24) is 9.80 Å². The molecule has 0 unspecified atom stereocenters. The van der Waals surface area contributed by atoms with E-state index < -0.39 is 6.29 Å². The predicted molar refractivity (Wildman–Crippen MR) is 109 cm³/mol. The van der Waals surface area contributed by atoms with Crippen molar-refractivity contribution in [2.75, 3.05) is 39.4 Å². The lowest BCUT2D eigenvalue weighted by atomic mass is 9.86. The lowest BCUT2D eigenvalue weighted by molar-refractivity contribution is -0.174. The van der Waals surface area contributed by atoms with Gasteiger partial charge in [-0.15, -0.1) is 0 Å². The van der Waals surface area contributed by atoms with Gasteiger partial charge >= 0.3 is 0 Å². The molecular formula is C22H38N2O4. The molecule has 3 aliphatic rings. The number of aliphatic hydroxyl groups excluding tert-OH is 1. The van der Waals surface area contributed by atoms with E-state index in [9.17, 15) is 4.79 Å². The fraction of sp³-hybridized carbons (Fsp3) is 0.864. The van der Waals surface area contributed by atoms with Gasteiger partial charge in [0.05, 0.1) is 0 Å². The summed E-state index contributed by atoms with van der Waals surface area (Å²) in [5.41, 5.74) is 0. The zero-order valence-corrected chi connectivity index (χ0v) is 17.6. The summed E-state index contributed by atoms with van der Waals surface area (Å²) < 4.78 is 11.8. The van der Waals surface area contributed by atoms with Crippen LogP contribution < -0.4 is 0 Å². The molecule has 2 saturated heterocycles. The van der Waals surface area contributed by atoms with E-state index in [1.807, 2.05) is 17.9 Å². The van der Waals surface area contributed by atoms with Crippen molar-refractivity contribution in [3.8, 4) is 0 Å². The van der Waals surface area contributed by atoms with Crippen LogP contribution in [-0.4, -0.2) is 72.5 Å². The number of aliphatic hydroxyl groups is 1. The third kappa shape index (κ3) is 5.28. The SMILES string of the molecule is CCO[C@H]1OC(C(=O)N2CCC(N3CCCCC3)CC2)=C[C@@H](C)[C@H]1CCCO. The summed E-state index contributed by atoms with van der Waals surface area (Å²) in [7, 11) is 0. The second-order valence-electron chi connectivity index (χ2n) is 8.48. The van der Waals surface area contributed by atoms with E-state index in [2.05, 4.69) is 11.8 Å². The highest BCUT2D eigenvalue weighted by Gasteiger charge is 2.37. The highest BCUT2D eigenvalue weighted by Crippen LogP contribution is 2.33. The number of carbonyl (C=O) groups is 1. The van der Waals surface area contributed by atoms with Gasteiger partial charge in [-0.05, 0) is 70.5 Å². The number of hydrogen-bond acceptors (Lipinski definition) is 5. The van der Waals surface area contributed by atoms with E-state index in [-0.39, 0.29) is 24.3 Å². The van der Waals surface area contributed by atoms with Crippen LogP contribution in [-0.2, 0) is 14.3 Å². The summed E-state index contributed by atoms with van der Waals surface area (Å²) in [5.74, 6) is 0.826. The Kier molecular flexibility index (Phi) is 8.18. The molecule has 0 aliphatic carbocycles. The number of ether oxygens (including phenoxy) is 2. The third-order valence-electron chi connectivity index (χ3n) is 6.58. The van der Waals surface area contributed by atoms with Gasteiger partial charge in [0.15, 0.2) is 5.76 Å². The molecule has 0 aromatic carbocycles. The number of rotatable bonds is 7. The number of nitrogens with zero attached hydrogens (tertiary/aromatic N) is 2. The first-order valence-corrected chi connectivity index (χ1v) is 11.3. The highest BCUT2D eigenvalue weighted by molar-refractivity contribution is 5.91. The standard InChI is InChI=1S/C22H38N2O4/c1-3-27-22-19(8-7-15-25)17(2)16-20(28-22)21(26)24-13-9-18(10-14-24)23-11-5-4-6-12-23/h16-19,22,25H,3-15H2,1-2H3/t17-,19-,22+/m1/s1. The lowest BCUT2D eigenvalue weighted by Crippen LogP contribution is -2.49. The van der Waals surface area contributed by atoms with Crippen LogP contribution in [0.5, 0.6) is 0 Å². The van der Waals surface area contributed by atoms with Crippen LogP contribution in [0.4, 0.5) is 0 Å². The molecule has 3 aliphatic heterocycles. The Morgan fingerprint density at radius 1 is 1.21 bits per heavy atom. The molecule has 28 heavy (non-hydrogen) atoms. The average molecular weight is 395 g/mol. The van der Waals surface area contributed by atoms with Crippen LogP contribution in [0.2, 0.25) is 0 Å². The fourth-order valence-electron chi connectivity index (χ4n) is 4.91. The zero-order valence-electron chi connectivity index (χ0n) is 17.6. The molecule has 0 bridgehead atoms. The Hall–Kier alpha value is -1.11. The molecule has 0 radical (unpaired) electrons. The van der Waals surface area contributed by atoms with Crippen LogP contribution in [0.15, 0.2) is 11.8 Å². The van der Waals surface area contributed by atoms with Crippen molar-refractivity contribution in [2.24, 2.45) is 11.8 Å². The number of amides is 1. The van der Waals surface area contributed by atoms with E-state index in [0.29, 0.717) is 18.4 Å². The monoisotopic (exact) mass is 394 g/mol. The van der Waals surface area contributed by atoms with E-state index in [4.69, 9.17) is 14.6 Å².